The van der Waals surface area contributed by atoms with E-state index in [0.29, 0.717) is 6.42 Å². The summed E-state index contributed by atoms with van der Waals surface area (Å²) in [4.78, 5) is 13.9. The number of carbonyl (C=O) groups excluding carboxylic acids is 1. The normalized spacial score (nSPS) is 21.8. The first-order valence-electron chi connectivity index (χ1n) is 6.12. The van der Waals surface area contributed by atoms with Gasteiger partial charge in [-0.2, -0.15) is 0 Å². The maximum Gasteiger partial charge on any atom is 0.240 e. The minimum atomic E-state index is -0.403. The van der Waals surface area contributed by atoms with Gasteiger partial charge < -0.3 is 15.2 Å². The van der Waals surface area contributed by atoms with Crippen molar-refractivity contribution >= 4 is 5.91 Å². The number of hydrogen-bond acceptors (Lipinski definition) is 4. The molecule has 1 aliphatic rings. The first kappa shape index (κ1) is 12.1. The van der Waals surface area contributed by atoms with Crippen molar-refractivity contribution in [1.29, 1.82) is 0 Å². The molecular formula is C12H19N3O2. The van der Waals surface area contributed by atoms with Crippen LogP contribution in [0.2, 0.25) is 0 Å². The fourth-order valence-electron chi connectivity index (χ4n) is 2.25. The van der Waals surface area contributed by atoms with Crippen LogP contribution < -0.4 is 5.73 Å². The molecule has 5 nitrogen and oxygen atoms in total. The van der Waals surface area contributed by atoms with Crippen LogP contribution in [-0.2, 0) is 4.79 Å². The van der Waals surface area contributed by atoms with Crippen LogP contribution in [0.5, 0.6) is 0 Å². The molecule has 2 heterocycles. The van der Waals surface area contributed by atoms with Gasteiger partial charge in [0.25, 0.3) is 0 Å². The van der Waals surface area contributed by atoms with Gasteiger partial charge in [-0.15, -0.1) is 0 Å². The standard InChI is InChI=1S/C12H19N3O2/c1-3-9(13)12(16)15-6-4-5-10(15)11-7-8(2)14-17-11/h7,9-10H,3-6,13H2,1-2H3. The molecule has 1 aromatic rings. The number of nitrogens with two attached hydrogens (primary N) is 1. The third-order valence-electron chi connectivity index (χ3n) is 3.27. The van der Waals surface area contributed by atoms with Crippen LogP contribution in [0.1, 0.15) is 43.7 Å². The summed E-state index contributed by atoms with van der Waals surface area (Å²) in [5.41, 5.74) is 6.65. The second-order valence-electron chi connectivity index (χ2n) is 4.58. The molecule has 17 heavy (non-hydrogen) atoms. The van der Waals surface area contributed by atoms with Crippen molar-refractivity contribution in [2.45, 2.75) is 45.2 Å². The average Bonchev–Trinajstić information content (AvgIpc) is 2.94. The molecule has 2 atom stereocenters. The van der Waals surface area contributed by atoms with Crippen LogP contribution in [-0.4, -0.2) is 28.6 Å². The molecule has 0 saturated carbocycles. The van der Waals surface area contributed by atoms with Crippen molar-refractivity contribution in [3.05, 3.63) is 17.5 Å². The summed E-state index contributed by atoms with van der Waals surface area (Å²) in [6, 6.07) is 1.51. The number of rotatable bonds is 3. The number of aromatic nitrogens is 1. The van der Waals surface area contributed by atoms with Gasteiger partial charge in [0, 0.05) is 12.6 Å². The van der Waals surface area contributed by atoms with Crippen LogP contribution in [0.25, 0.3) is 0 Å². The quantitative estimate of drug-likeness (QED) is 0.862. The molecule has 2 unspecified atom stereocenters. The predicted octanol–water partition coefficient (Wildman–Crippen LogP) is 1.38. The molecule has 1 saturated heterocycles. The Balaban J connectivity index is 2.15. The van der Waals surface area contributed by atoms with Gasteiger partial charge in [0.1, 0.15) is 0 Å². The number of likely N-dealkylation sites (tertiary alicyclic amines) is 1. The summed E-state index contributed by atoms with van der Waals surface area (Å²) in [5, 5.41) is 3.88. The van der Waals surface area contributed by atoms with Gasteiger partial charge in [-0.25, -0.2) is 0 Å². The van der Waals surface area contributed by atoms with Crippen molar-refractivity contribution in [3.63, 3.8) is 0 Å². The van der Waals surface area contributed by atoms with E-state index < -0.39 is 6.04 Å². The number of hydrogen-bond donors (Lipinski definition) is 1. The maximum atomic E-state index is 12.1. The highest BCUT2D eigenvalue weighted by Gasteiger charge is 2.34. The molecule has 0 aliphatic carbocycles. The second kappa shape index (κ2) is 4.87. The van der Waals surface area contributed by atoms with Gasteiger partial charge in [0.15, 0.2) is 5.76 Å². The summed E-state index contributed by atoms with van der Waals surface area (Å²) >= 11 is 0. The zero-order valence-electron chi connectivity index (χ0n) is 10.3. The van der Waals surface area contributed by atoms with Gasteiger partial charge in [0.05, 0.1) is 17.8 Å². The Labute approximate surface area is 101 Å². The van der Waals surface area contributed by atoms with E-state index in [4.69, 9.17) is 10.3 Å². The van der Waals surface area contributed by atoms with Crippen molar-refractivity contribution in [2.75, 3.05) is 6.54 Å². The molecular weight excluding hydrogens is 218 g/mol. The molecule has 2 N–H and O–H groups in total. The lowest BCUT2D eigenvalue weighted by Crippen LogP contribution is -2.42. The highest BCUT2D eigenvalue weighted by Crippen LogP contribution is 2.32. The Morgan fingerprint density at radius 2 is 2.53 bits per heavy atom. The SMILES string of the molecule is CCC(N)C(=O)N1CCCC1c1cc(C)no1. The van der Waals surface area contributed by atoms with Crippen LogP contribution in [0.4, 0.5) is 0 Å². The molecule has 1 amide bonds. The van der Waals surface area contributed by atoms with Gasteiger partial charge >= 0.3 is 0 Å². The largest absolute Gasteiger partial charge is 0.359 e. The number of amides is 1. The highest BCUT2D eigenvalue weighted by molar-refractivity contribution is 5.82. The topological polar surface area (TPSA) is 72.4 Å². The zero-order valence-corrected chi connectivity index (χ0v) is 10.3. The van der Waals surface area contributed by atoms with Crippen LogP contribution >= 0.6 is 0 Å². The van der Waals surface area contributed by atoms with E-state index in [0.717, 1.165) is 30.8 Å². The Kier molecular flexibility index (Phi) is 3.47. The lowest BCUT2D eigenvalue weighted by atomic mass is 10.1. The number of carbonyl (C=O) groups is 1. The molecule has 2 rings (SSSR count). The van der Waals surface area contributed by atoms with Gasteiger partial charge in [-0.05, 0) is 26.2 Å². The average molecular weight is 237 g/mol. The molecule has 94 valence electrons. The molecule has 1 aromatic heterocycles. The lowest BCUT2D eigenvalue weighted by Gasteiger charge is -2.25. The number of aryl methyl sites for hydroxylation is 1. The van der Waals surface area contributed by atoms with Crippen molar-refractivity contribution in [3.8, 4) is 0 Å². The molecule has 5 heteroatoms. The van der Waals surface area contributed by atoms with Crippen LogP contribution in [0, 0.1) is 6.92 Å². The Hall–Kier alpha value is -1.36. The van der Waals surface area contributed by atoms with Crippen molar-refractivity contribution < 1.29 is 9.32 Å². The Bertz CT molecular complexity index is 402. The molecule has 0 aromatic carbocycles. The summed E-state index contributed by atoms with van der Waals surface area (Å²) in [6.45, 7) is 4.56. The summed E-state index contributed by atoms with van der Waals surface area (Å²) in [7, 11) is 0. The van der Waals surface area contributed by atoms with E-state index >= 15 is 0 Å². The summed E-state index contributed by atoms with van der Waals surface area (Å²) < 4.78 is 5.26. The van der Waals surface area contributed by atoms with Gasteiger partial charge in [-0.3, -0.25) is 4.79 Å². The molecule has 0 bridgehead atoms. The van der Waals surface area contributed by atoms with Crippen molar-refractivity contribution in [1.82, 2.24) is 10.1 Å². The Morgan fingerprint density at radius 1 is 1.76 bits per heavy atom. The minimum absolute atomic E-state index is 0.0151. The number of nitrogens with zero attached hydrogens (tertiary/aromatic N) is 2. The third kappa shape index (κ3) is 2.34. The van der Waals surface area contributed by atoms with Crippen LogP contribution in [0.3, 0.4) is 0 Å². The van der Waals surface area contributed by atoms with Crippen molar-refractivity contribution in [2.24, 2.45) is 5.73 Å². The molecule has 1 aliphatic heterocycles. The summed E-state index contributed by atoms with van der Waals surface area (Å²) in [5.74, 6) is 0.792. The van der Waals surface area contributed by atoms with E-state index in [1.165, 1.54) is 0 Å². The lowest BCUT2D eigenvalue weighted by molar-refractivity contribution is -0.134. The smallest absolute Gasteiger partial charge is 0.240 e. The fraction of sp³-hybridized carbons (Fsp3) is 0.667. The second-order valence-corrected chi connectivity index (χ2v) is 4.58. The minimum Gasteiger partial charge on any atom is -0.359 e. The molecule has 0 spiro atoms. The monoisotopic (exact) mass is 237 g/mol. The predicted molar refractivity (Wildman–Crippen MR) is 63.2 cm³/mol. The zero-order chi connectivity index (χ0) is 12.4. The fourth-order valence-corrected chi connectivity index (χ4v) is 2.25. The highest BCUT2D eigenvalue weighted by atomic mass is 16.5. The summed E-state index contributed by atoms with van der Waals surface area (Å²) in [6.07, 6.45) is 2.58. The van der Waals surface area contributed by atoms with Crippen LogP contribution in [0.15, 0.2) is 10.6 Å². The van der Waals surface area contributed by atoms with Gasteiger partial charge in [0.2, 0.25) is 5.91 Å². The Morgan fingerprint density at radius 3 is 3.12 bits per heavy atom. The first-order chi connectivity index (χ1) is 8.13. The third-order valence-corrected chi connectivity index (χ3v) is 3.27. The first-order valence-corrected chi connectivity index (χ1v) is 6.12. The van der Waals surface area contributed by atoms with E-state index in [9.17, 15) is 4.79 Å². The molecule has 1 fully saturated rings. The van der Waals surface area contributed by atoms with Gasteiger partial charge in [-0.1, -0.05) is 12.1 Å². The van der Waals surface area contributed by atoms with E-state index in [1.807, 2.05) is 24.8 Å². The van der Waals surface area contributed by atoms with E-state index in [1.54, 1.807) is 0 Å². The maximum absolute atomic E-state index is 12.1. The van der Waals surface area contributed by atoms with E-state index in [2.05, 4.69) is 5.16 Å². The molecule has 0 radical (unpaired) electrons. The van der Waals surface area contributed by atoms with E-state index in [-0.39, 0.29) is 11.9 Å².